The Hall–Kier alpha value is -4.12. The van der Waals surface area contributed by atoms with Gasteiger partial charge in [0.1, 0.15) is 11.8 Å². The zero-order valence-corrected chi connectivity index (χ0v) is 16.8. The molecule has 4 rings (SSSR count). The van der Waals surface area contributed by atoms with Gasteiger partial charge in [0, 0.05) is 17.7 Å². The highest BCUT2D eigenvalue weighted by Crippen LogP contribution is 2.19. The summed E-state index contributed by atoms with van der Waals surface area (Å²) >= 11 is 0. The van der Waals surface area contributed by atoms with Crippen molar-refractivity contribution in [2.75, 3.05) is 5.32 Å². The van der Waals surface area contributed by atoms with Crippen LogP contribution in [-0.2, 0) is 11.2 Å². The Labute approximate surface area is 180 Å². The molecule has 0 aliphatic rings. The number of benzene rings is 4. The molecular weight excluding hydrogens is 388 g/mol. The molecular formula is C26H22N2O3. The lowest BCUT2D eigenvalue weighted by Gasteiger charge is -2.19. The molecule has 31 heavy (non-hydrogen) atoms. The van der Waals surface area contributed by atoms with Crippen LogP contribution in [-0.4, -0.2) is 23.0 Å². The van der Waals surface area contributed by atoms with Crippen LogP contribution in [0.15, 0.2) is 97.1 Å². The number of phenols is 1. The first-order valence-electron chi connectivity index (χ1n) is 10.0. The van der Waals surface area contributed by atoms with Crippen molar-refractivity contribution in [2.45, 2.75) is 12.5 Å². The van der Waals surface area contributed by atoms with E-state index in [9.17, 15) is 14.7 Å². The Bertz CT molecular complexity index is 1200. The van der Waals surface area contributed by atoms with Gasteiger partial charge >= 0.3 is 0 Å². The smallest absolute Gasteiger partial charge is 0.251 e. The van der Waals surface area contributed by atoms with E-state index < -0.39 is 6.04 Å². The first-order chi connectivity index (χ1) is 15.1. The van der Waals surface area contributed by atoms with Gasteiger partial charge in [0.05, 0.1) is 0 Å². The number of rotatable bonds is 6. The summed E-state index contributed by atoms with van der Waals surface area (Å²) in [6, 6.07) is 28.2. The molecule has 1 atom stereocenters. The Morgan fingerprint density at radius 2 is 1.45 bits per heavy atom. The Kier molecular flexibility index (Phi) is 5.94. The monoisotopic (exact) mass is 410 g/mol. The molecule has 3 N–H and O–H groups in total. The Morgan fingerprint density at radius 1 is 0.774 bits per heavy atom. The van der Waals surface area contributed by atoms with Crippen molar-refractivity contribution in [3.05, 3.63) is 108 Å². The molecule has 0 saturated heterocycles. The maximum atomic E-state index is 13.1. The molecule has 0 unspecified atom stereocenters. The summed E-state index contributed by atoms with van der Waals surface area (Å²) in [6.07, 6.45) is 0.290. The highest BCUT2D eigenvalue weighted by atomic mass is 16.3. The van der Waals surface area contributed by atoms with Crippen molar-refractivity contribution in [1.82, 2.24) is 5.32 Å². The molecule has 0 spiro atoms. The van der Waals surface area contributed by atoms with E-state index in [1.54, 1.807) is 48.5 Å². The van der Waals surface area contributed by atoms with Crippen LogP contribution in [0.5, 0.6) is 5.75 Å². The predicted octanol–water partition coefficient (Wildman–Crippen LogP) is 4.53. The van der Waals surface area contributed by atoms with E-state index in [1.165, 1.54) is 0 Å². The van der Waals surface area contributed by atoms with Crippen molar-refractivity contribution < 1.29 is 14.7 Å². The highest BCUT2D eigenvalue weighted by Gasteiger charge is 2.22. The number of carbonyl (C=O) groups excluding carboxylic acids is 2. The minimum atomic E-state index is -0.788. The standard InChI is InChI=1S/C26H22N2O3/c29-23-14-10-18(11-15-23)16-24(28-25(30)20-7-2-1-3-8-20)26(31)27-22-13-12-19-6-4-5-9-21(19)17-22/h1-15,17,24,29H,16H2,(H,27,31)(H,28,30)/t24-/m0/s1. The van der Waals surface area contributed by atoms with Gasteiger partial charge in [-0.1, -0.05) is 60.7 Å². The number of hydrogen-bond acceptors (Lipinski definition) is 3. The number of phenolic OH excluding ortho intramolecular Hbond substituents is 1. The van der Waals surface area contributed by atoms with Gasteiger partial charge in [-0.3, -0.25) is 9.59 Å². The van der Waals surface area contributed by atoms with Gasteiger partial charge in [0.15, 0.2) is 0 Å². The lowest BCUT2D eigenvalue weighted by atomic mass is 10.0. The van der Waals surface area contributed by atoms with Gasteiger partial charge in [0.25, 0.3) is 5.91 Å². The number of hydrogen-bond donors (Lipinski definition) is 3. The fourth-order valence-electron chi connectivity index (χ4n) is 3.40. The van der Waals surface area contributed by atoms with Crippen LogP contribution in [0.25, 0.3) is 10.8 Å². The number of amides is 2. The third-order valence-corrected chi connectivity index (χ3v) is 5.05. The van der Waals surface area contributed by atoms with Gasteiger partial charge < -0.3 is 15.7 Å². The van der Waals surface area contributed by atoms with Crippen LogP contribution >= 0.6 is 0 Å². The maximum absolute atomic E-state index is 13.1. The average Bonchev–Trinajstić information content (AvgIpc) is 2.80. The van der Waals surface area contributed by atoms with Crippen molar-refractivity contribution in [1.29, 1.82) is 0 Å². The molecule has 0 heterocycles. The van der Waals surface area contributed by atoms with E-state index in [0.717, 1.165) is 16.3 Å². The summed E-state index contributed by atoms with van der Waals surface area (Å²) in [5, 5.41) is 17.4. The Morgan fingerprint density at radius 3 is 2.19 bits per heavy atom. The van der Waals surface area contributed by atoms with Crippen molar-refractivity contribution in [3.63, 3.8) is 0 Å². The molecule has 0 radical (unpaired) electrons. The van der Waals surface area contributed by atoms with Crippen LogP contribution in [0.3, 0.4) is 0 Å². The first-order valence-corrected chi connectivity index (χ1v) is 10.0. The second-order valence-corrected chi connectivity index (χ2v) is 7.31. The third kappa shape index (κ3) is 5.08. The first kappa shape index (κ1) is 20.2. The molecule has 0 saturated carbocycles. The lowest BCUT2D eigenvalue weighted by Crippen LogP contribution is -2.45. The van der Waals surface area contributed by atoms with Gasteiger partial charge in [-0.05, 0) is 52.7 Å². The second-order valence-electron chi connectivity index (χ2n) is 7.31. The zero-order chi connectivity index (χ0) is 21.6. The van der Waals surface area contributed by atoms with Gasteiger partial charge in [-0.25, -0.2) is 0 Å². The van der Waals surface area contributed by atoms with Crippen LogP contribution < -0.4 is 10.6 Å². The molecule has 154 valence electrons. The SMILES string of the molecule is O=C(N[C@@H](Cc1ccc(O)cc1)C(=O)Nc1ccc2ccccc2c1)c1ccccc1. The highest BCUT2D eigenvalue weighted by molar-refractivity contribution is 6.02. The summed E-state index contributed by atoms with van der Waals surface area (Å²) in [4.78, 5) is 25.8. The largest absolute Gasteiger partial charge is 0.508 e. The molecule has 0 aliphatic carbocycles. The third-order valence-electron chi connectivity index (χ3n) is 5.05. The van der Waals surface area contributed by atoms with Gasteiger partial charge in [-0.2, -0.15) is 0 Å². The molecule has 4 aromatic rings. The van der Waals surface area contributed by atoms with Crippen molar-refractivity contribution in [2.24, 2.45) is 0 Å². The van der Waals surface area contributed by atoms with E-state index >= 15 is 0 Å². The van der Waals surface area contributed by atoms with Crippen LogP contribution in [0.2, 0.25) is 0 Å². The second kappa shape index (κ2) is 9.13. The minimum absolute atomic E-state index is 0.147. The predicted molar refractivity (Wildman–Crippen MR) is 122 cm³/mol. The molecule has 5 nitrogen and oxygen atoms in total. The average molecular weight is 410 g/mol. The van der Waals surface area contributed by atoms with E-state index in [0.29, 0.717) is 11.3 Å². The molecule has 0 aromatic heterocycles. The number of anilines is 1. The molecule has 0 fully saturated rings. The van der Waals surface area contributed by atoms with E-state index in [2.05, 4.69) is 10.6 Å². The van der Waals surface area contributed by atoms with Crippen molar-refractivity contribution in [3.8, 4) is 5.75 Å². The summed E-state index contributed by atoms with van der Waals surface area (Å²) in [7, 11) is 0. The fourth-order valence-corrected chi connectivity index (χ4v) is 3.40. The normalized spacial score (nSPS) is 11.6. The van der Waals surface area contributed by atoms with E-state index in [1.807, 2.05) is 48.5 Å². The number of carbonyl (C=O) groups is 2. The van der Waals surface area contributed by atoms with Crippen LogP contribution in [0.1, 0.15) is 15.9 Å². The van der Waals surface area contributed by atoms with Crippen LogP contribution in [0, 0.1) is 0 Å². The van der Waals surface area contributed by atoms with E-state index in [-0.39, 0.29) is 24.0 Å². The summed E-state index contributed by atoms with van der Waals surface area (Å²) in [6.45, 7) is 0. The number of fused-ring (bicyclic) bond motifs is 1. The van der Waals surface area contributed by atoms with Crippen molar-refractivity contribution >= 4 is 28.3 Å². The summed E-state index contributed by atoms with van der Waals surface area (Å²) in [5.74, 6) is -0.486. The molecule has 5 heteroatoms. The topological polar surface area (TPSA) is 78.4 Å². The lowest BCUT2D eigenvalue weighted by molar-refractivity contribution is -0.118. The van der Waals surface area contributed by atoms with Gasteiger partial charge in [0.2, 0.25) is 5.91 Å². The van der Waals surface area contributed by atoms with Crippen LogP contribution in [0.4, 0.5) is 5.69 Å². The summed E-state index contributed by atoms with van der Waals surface area (Å²) < 4.78 is 0. The number of nitrogens with one attached hydrogen (secondary N) is 2. The van der Waals surface area contributed by atoms with Gasteiger partial charge in [-0.15, -0.1) is 0 Å². The quantitative estimate of drug-likeness (QED) is 0.437. The molecule has 2 amide bonds. The van der Waals surface area contributed by atoms with E-state index in [4.69, 9.17) is 0 Å². The molecule has 0 bridgehead atoms. The molecule has 4 aromatic carbocycles. The molecule has 0 aliphatic heterocycles. The number of aromatic hydroxyl groups is 1. The summed E-state index contributed by atoms with van der Waals surface area (Å²) in [5.41, 5.74) is 1.97. The maximum Gasteiger partial charge on any atom is 0.251 e. The minimum Gasteiger partial charge on any atom is -0.508 e. The fraction of sp³-hybridized carbons (Fsp3) is 0.0769. The Balaban J connectivity index is 1.55. The zero-order valence-electron chi connectivity index (χ0n) is 16.8.